The van der Waals surface area contributed by atoms with Gasteiger partial charge >= 0.3 is 0 Å². The van der Waals surface area contributed by atoms with Crippen molar-refractivity contribution in [2.24, 2.45) is 0 Å². The van der Waals surface area contributed by atoms with Crippen LogP contribution in [0.15, 0.2) is 48.5 Å². The van der Waals surface area contributed by atoms with Gasteiger partial charge in [0.25, 0.3) is 5.69 Å². The van der Waals surface area contributed by atoms with Crippen molar-refractivity contribution >= 4 is 23.0 Å². The summed E-state index contributed by atoms with van der Waals surface area (Å²) in [5, 5.41) is 11.0. The summed E-state index contributed by atoms with van der Waals surface area (Å²) in [4.78, 5) is 25.2. The van der Waals surface area contributed by atoms with Crippen LogP contribution < -0.4 is 4.90 Å². The van der Waals surface area contributed by atoms with E-state index in [4.69, 9.17) is 0 Å². The Hall–Kier alpha value is -3.13. The van der Waals surface area contributed by atoms with Crippen molar-refractivity contribution in [3.8, 4) is 11.8 Å². The summed E-state index contributed by atoms with van der Waals surface area (Å²) >= 11 is 0. The minimum absolute atomic E-state index is 0.00731. The second kappa shape index (κ2) is 8.50. The van der Waals surface area contributed by atoms with Crippen molar-refractivity contribution in [1.29, 1.82) is 0 Å². The Labute approximate surface area is 160 Å². The third-order valence-electron chi connectivity index (χ3n) is 4.16. The monoisotopic (exact) mass is 364 g/mol. The maximum absolute atomic E-state index is 13.0. The zero-order valence-corrected chi connectivity index (χ0v) is 16.2. The molecule has 0 N–H and O–H groups in total. The quantitative estimate of drug-likeness (QED) is 0.407. The summed E-state index contributed by atoms with van der Waals surface area (Å²) in [6, 6.07) is 13.8. The minimum atomic E-state index is -0.449. The van der Waals surface area contributed by atoms with Crippen LogP contribution in [0.25, 0.3) is 0 Å². The molecule has 0 unspecified atom stereocenters. The van der Waals surface area contributed by atoms with Gasteiger partial charge in [0.2, 0.25) is 5.91 Å². The average molecular weight is 364 g/mol. The Morgan fingerprint density at radius 3 is 2.30 bits per heavy atom. The van der Waals surface area contributed by atoms with Gasteiger partial charge in [-0.05, 0) is 36.1 Å². The molecule has 0 aromatic heterocycles. The highest BCUT2D eigenvalue weighted by Crippen LogP contribution is 2.36. The topological polar surface area (TPSA) is 63.5 Å². The summed E-state index contributed by atoms with van der Waals surface area (Å²) in [5.74, 6) is 5.63. The molecule has 2 aromatic carbocycles. The van der Waals surface area contributed by atoms with Gasteiger partial charge in [-0.2, -0.15) is 0 Å². The Morgan fingerprint density at radius 2 is 1.74 bits per heavy atom. The normalized spacial score (nSPS) is 10.7. The van der Waals surface area contributed by atoms with Crippen LogP contribution >= 0.6 is 0 Å². The molecule has 0 saturated heterocycles. The maximum atomic E-state index is 13.0. The molecular formula is C22H24N2O3. The number of para-hydroxylation sites is 1. The Balaban J connectivity index is 2.55. The largest absolute Gasteiger partial charge is 0.281 e. The predicted molar refractivity (Wildman–Crippen MR) is 108 cm³/mol. The lowest BCUT2D eigenvalue weighted by Crippen LogP contribution is -2.28. The van der Waals surface area contributed by atoms with Crippen molar-refractivity contribution in [1.82, 2.24) is 0 Å². The highest BCUT2D eigenvalue weighted by molar-refractivity contribution is 6.01. The zero-order valence-electron chi connectivity index (χ0n) is 16.2. The van der Waals surface area contributed by atoms with Crippen LogP contribution in [0.3, 0.4) is 0 Å². The molecule has 2 rings (SSSR count). The van der Waals surface area contributed by atoms with Crippen LogP contribution in [-0.2, 0) is 10.2 Å². The van der Waals surface area contributed by atoms with E-state index in [1.54, 1.807) is 24.0 Å². The molecule has 0 saturated carbocycles. The number of nitro benzene ring substituents is 1. The van der Waals surface area contributed by atoms with Crippen molar-refractivity contribution in [2.75, 3.05) is 4.90 Å². The fourth-order valence-corrected chi connectivity index (χ4v) is 2.85. The number of anilines is 2. The highest BCUT2D eigenvalue weighted by Gasteiger charge is 2.25. The number of carbonyl (C=O) groups excluding carboxylic acids is 1. The number of hydrogen-bond acceptors (Lipinski definition) is 3. The molecule has 2 aromatic rings. The molecule has 0 heterocycles. The van der Waals surface area contributed by atoms with E-state index in [1.807, 2.05) is 24.3 Å². The molecule has 5 nitrogen and oxygen atoms in total. The van der Waals surface area contributed by atoms with Crippen LogP contribution in [0.2, 0.25) is 0 Å². The first-order chi connectivity index (χ1) is 12.8. The van der Waals surface area contributed by atoms with Gasteiger partial charge < -0.3 is 0 Å². The number of rotatable bonds is 5. The number of non-ortho nitro benzene ring substituents is 1. The molecule has 0 radical (unpaired) electrons. The first-order valence-corrected chi connectivity index (χ1v) is 8.82. The molecule has 0 fully saturated rings. The molecule has 0 spiro atoms. The van der Waals surface area contributed by atoms with Crippen molar-refractivity contribution < 1.29 is 9.72 Å². The van der Waals surface area contributed by atoms with Crippen molar-refractivity contribution in [3.05, 3.63) is 64.2 Å². The van der Waals surface area contributed by atoms with Gasteiger partial charge in [0.15, 0.2) is 0 Å². The second-order valence-corrected chi connectivity index (χ2v) is 7.20. The van der Waals surface area contributed by atoms with E-state index in [-0.39, 0.29) is 23.4 Å². The van der Waals surface area contributed by atoms with Gasteiger partial charge in [-0.3, -0.25) is 19.8 Å². The lowest BCUT2D eigenvalue weighted by Gasteiger charge is -2.30. The van der Waals surface area contributed by atoms with Crippen LogP contribution in [0.4, 0.5) is 17.1 Å². The number of nitro groups is 1. The number of amides is 1. The van der Waals surface area contributed by atoms with Gasteiger partial charge in [-0.15, -0.1) is 11.8 Å². The minimum Gasteiger partial charge on any atom is -0.281 e. The number of nitrogens with zero attached hydrogens (tertiary/aromatic N) is 2. The van der Waals surface area contributed by atoms with Gasteiger partial charge in [-0.25, -0.2) is 0 Å². The average Bonchev–Trinajstić information content (AvgIpc) is 2.62. The number of carbonyl (C=O) groups is 1. The number of benzene rings is 2. The number of hydrogen-bond donors (Lipinski definition) is 0. The van der Waals surface area contributed by atoms with E-state index in [2.05, 4.69) is 32.6 Å². The van der Waals surface area contributed by atoms with Crippen molar-refractivity contribution in [3.63, 3.8) is 0 Å². The van der Waals surface area contributed by atoms with Crippen LogP contribution in [0.1, 0.15) is 46.1 Å². The molecular weight excluding hydrogens is 340 g/mol. The van der Waals surface area contributed by atoms with Gasteiger partial charge in [0.1, 0.15) is 0 Å². The SMILES string of the molecule is CC#CCCC(=O)N(c1ccc([N+](=O)[O-])cc1)c1ccccc1C(C)(C)C. The van der Waals surface area contributed by atoms with E-state index in [0.717, 1.165) is 11.3 Å². The third kappa shape index (κ3) is 4.95. The summed E-state index contributed by atoms with van der Waals surface area (Å²) in [7, 11) is 0. The van der Waals surface area contributed by atoms with E-state index < -0.39 is 4.92 Å². The molecule has 27 heavy (non-hydrogen) atoms. The molecule has 0 aliphatic carbocycles. The van der Waals surface area contributed by atoms with E-state index in [0.29, 0.717) is 12.1 Å². The molecule has 0 aliphatic rings. The standard InChI is InChI=1S/C22H24N2O3/c1-5-6-7-12-21(25)23(17-13-15-18(16-14-17)24(26)27)20-11-9-8-10-19(20)22(2,3)4/h8-11,13-16H,7,12H2,1-4H3. The summed E-state index contributed by atoms with van der Waals surface area (Å²) in [6.45, 7) is 8.01. The predicted octanol–water partition coefficient (Wildman–Crippen LogP) is 5.36. The lowest BCUT2D eigenvalue weighted by atomic mass is 9.85. The Bertz CT molecular complexity index is 884. The first kappa shape index (κ1) is 20.2. The summed E-state index contributed by atoms with van der Waals surface area (Å²) < 4.78 is 0. The lowest BCUT2D eigenvalue weighted by molar-refractivity contribution is -0.384. The van der Waals surface area contributed by atoms with E-state index in [9.17, 15) is 14.9 Å². The molecule has 0 atom stereocenters. The van der Waals surface area contributed by atoms with Crippen LogP contribution in [0, 0.1) is 22.0 Å². The van der Waals surface area contributed by atoms with Crippen LogP contribution in [-0.4, -0.2) is 10.8 Å². The third-order valence-corrected chi connectivity index (χ3v) is 4.16. The first-order valence-electron chi connectivity index (χ1n) is 8.82. The molecule has 0 aliphatic heterocycles. The molecule has 1 amide bonds. The maximum Gasteiger partial charge on any atom is 0.269 e. The van der Waals surface area contributed by atoms with E-state index in [1.165, 1.54) is 12.1 Å². The van der Waals surface area contributed by atoms with Crippen LogP contribution in [0.5, 0.6) is 0 Å². The molecule has 140 valence electrons. The van der Waals surface area contributed by atoms with Gasteiger partial charge in [0.05, 0.1) is 10.6 Å². The second-order valence-electron chi connectivity index (χ2n) is 7.20. The fraction of sp³-hybridized carbons (Fsp3) is 0.318. The highest BCUT2D eigenvalue weighted by atomic mass is 16.6. The smallest absolute Gasteiger partial charge is 0.269 e. The van der Waals surface area contributed by atoms with E-state index >= 15 is 0 Å². The Morgan fingerprint density at radius 1 is 1.11 bits per heavy atom. The fourth-order valence-electron chi connectivity index (χ4n) is 2.85. The Kier molecular flexibility index (Phi) is 6.36. The van der Waals surface area contributed by atoms with Gasteiger partial charge in [0, 0.05) is 30.7 Å². The van der Waals surface area contributed by atoms with Gasteiger partial charge in [-0.1, -0.05) is 39.0 Å². The summed E-state index contributed by atoms with van der Waals surface area (Å²) in [5.41, 5.74) is 2.24. The zero-order chi connectivity index (χ0) is 20.0. The van der Waals surface area contributed by atoms with Crippen molar-refractivity contribution in [2.45, 2.75) is 46.0 Å². The summed E-state index contributed by atoms with van der Waals surface area (Å²) in [6.07, 6.45) is 0.743. The molecule has 0 bridgehead atoms. The molecule has 5 heteroatoms.